The van der Waals surface area contributed by atoms with E-state index in [0.717, 1.165) is 50.7 Å². The van der Waals surface area contributed by atoms with Gasteiger partial charge in [0.05, 0.1) is 11.1 Å². The Morgan fingerprint density at radius 1 is 0.757 bits per heavy atom. The van der Waals surface area contributed by atoms with Gasteiger partial charge >= 0.3 is 11.9 Å². The van der Waals surface area contributed by atoms with Crippen LogP contribution in [0.1, 0.15) is 79.5 Å². The van der Waals surface area contributed by atoms with Crippen LogP contribution in [0.25, 0.3) is 0 Å². The molecule has 3 unspecified atom stereocenters. The fourth-order valence-electron chi connectivity index (χ4n) is 7.94. The molecule has 0 amide bonds. The first-order chi connectivity index (χ1) is 17.9. The summed E-state index contributed by atoms with van der Waals surface area (Å²) >= 11 is 0. The molecule has 4 aliphatic rings. The maximum Gasteiger partial charge on any atom is 0.343 e. The number of hydrogen-bond acceptors (Lipinski definition) is 4. The van der Waals surface area contributed by atoms with E-state index in [4.69, 9.17) is 9.47 Å². The van der Waals surface area contributed by atoms with E-state index in [0.29, 0.717) is 28.9 Å². The third-order valence-corrected chi connectivity index (χ3v) is 10.1. The molecule has 2 aromatic rings. The number of allylic oxidation sites excluding steroid dienone is 3. The van der Waals surface area contributed by atoms with Crippen LogP contribution >= 0.6 is 0 Å². The summed E-state index contributed by atoms with van der Waals surface area (Å²) in [6, 6.07) is 18.6. The highest BCUT2D eigenvalue weighted by Gasteiger charge is 2.57. The van der Waals surface area contributed by atoms with E-state index in [1.54, 1.807) is 0 Å². The van der Waals surface area contributed by atoms with E-state index in [9.17, 15) is 9.59 Å². The molecule has 192 valence electrons. The Kier molecular flexibility index (Phi) is 6.09. The number of fused-ring (bicyclic) bond motifs is 5. The summed E-state index contributed by atoms with van der Waals surface area (Å²) in [5.74, 6) is 2.10. The summed E-state index contributed by atoms with van der Waals surface area (Å²) < 4.78 is 12.0. The number of benzene rings is 2. The van der Waals surface area contributed by atoms with Crippen molar-refractivity contribution in [1.29, 1.82) is 0 Å². The average Bonchev–Trinajstić information content (AvgIpc) is 3.25. The quantitative estimate of drug-likeness (QED) is 0.324. The highest BCUT2D eigenvalue weighted by Crippen LogP contribution is 2.65. The van der Waals surface area contributed by atoms with Gasteiger partial charge in [0.1, 0.15) is 11.9 Å². The predicted octanol–water partition coefficient (Wildman–Crippen LogP) is 7.53. The lowest BCUT2D eigenvalue weighted by atomic mass is 9.48. The van der Waals surface area contributed by atoms with E-state index in [1.807, 2.05) is 60.7 Å². The Bertz CT molecular complexity index is 1250. The van der Waals surface area contributed by atoms with Crippen LogP contribution in [0.2, 0.25) is 0 Å². The molecule has 4 heteroatoms. The van der Waals surface area contributed by atoms with Crippen molar-refractivity contribution in [2.75, 3.05) is 0 Å². The number of carbonyl (C=O) groups is 2. The SMILES string of the molecule is C[C@]12CC[C@H](OC(=O)c3ccccc3)CC1=CCC1C2CC[C@]2(C)C(OC(=O)c3ccccc3)=CCC12. The predicted molar refractivity (Wildman–Crippen MR) is 143 cm³/mol. The van der Waals surface area contributed by atoms with Crippen molar-refractivity contribution in [2.45, 2.75) is 64.9 Å². The second kappa shape index (κ2) is 9.31. The van der Waals surface area contributed by atoms with Crippen LogP contribution in [-0.2, 0) is 9.47 Å². The van der Waals surface area contributed by atoms with Crippen LogP contribution in [0.5, 0.6) is 0 Å². The van der Waals surface area contributed by atoms with Gasteiger partial charge in [-0.05, 0) is 92.0 Å². The van der Waals surface area contributed by atoms with Crippen LogP contribution in [-0.4, -0.2) is 18.0 Å². The molecule has 0 N–H and O–H groups in total. The molecule has 0 saturated heterocycles. The van der Waals surface area contributed by atoms with Crippen LogP contribution in [0, 0.1) is 28.6 Å². The molecule has 37 heavy (non-hydrogen) atoms. The minimum absolute atomic E-state index is 0.0467. The Labute approximate surface area is 219 Å². The third kappa shape index (κ3) is 4.15. The van der Waals surface area contributed by atoms with Crippen molar-refractivity contribution < 1.29 is 19.1 Å². The van der Waals surface area contributed by atoms with Gasteiger partial charge < -0.3 is 9.47 Å². The number of carbonyl (C=O) groups excluding carboxylic acids is 2. The number of rotatable bonds is 4. The van der Waals surface area contributed by atoms with Gasteiger partial charge in [-0.15, -0.1) is 0 Å². The topological polar surface area (TPSA) is 52.6 Å². The molecule has 0 aromatic heterocycles. The van der Waals surface area contributed by atoms with Gasteiger partial charge in [-0.3, -0.25) is 0 Å². The van der Waals surface area contributed by atoms with Gasteiger partial charge in [0, 0.05) is 11.8 Å². The summed E-state index contributed by atoms with van der Waals surface area (Å²) in [4.78, 5) is 25.5. The molecule has 0 radical (unpaired) electrons. The van der Waals surface area contributed by atoms with E-state index >= 15 is 0 Å². The van der Waals surface area contributed by atoms with Crippen molar-refractivity contribution >= 4 is 11.9 Å². The molecule has 0 aliphatic heterocycles. The van der Waals surface area contributed by atoms with Gasteiger partial charge in [0.2, 0.25) is 0 Å². The molecule has 0 heterocycles. The Hall–Kier alpha value is -3.14. The largest absolute Gasteiger partial charge is 0.458 e. The van der Waals surface area contributed by atoms with Crippen molar-refractivity contribution in [3.63, 3.8) is 0 Å². The molecular weight excluding hydrogens is 460 g/mol. The maximum absolute atomic E-state index is 12.8. The minimum atomic E-state index is -0.253. The molecule has 0 bridgehead atoms. The van der Waals surface area contributed by atoms with Crippen molar-refractivity contribution in [3.8, 4) is 0 Å². The molecule has 6 rings (SSSR count). The summed E-state index contributed by atoms with van der Waals surface area (Å²) in [7, 11) is 0. The number of esters is 2. The second-order valence-electron chi connectivity index (χ2n) is 11.9. The third-order valence-electron chi connectivity index (χ3n) is 10.1. The van der Waals surface area contributed by atoms with E-state index in [-0.39, 0.29) is 28.9 Å². The average molecular weight is 497 g/mol. The van der Waals surface area contributed by atoms with Gasteiger partial charge in [0.25, 0.3) is 0 Å². The van der Waals surface area contributed by atoms with Crippen LogP contribution in [0.4, 0.5) is 0 Å². The van der Waals surface area contributed by atoms with Crippen LogP contribution in [0.3, 0.4) is 0 Å². The van der Waals surface area contributed by atoms with Gasteiger partial charge in [0.15, 0.2) is 0 Å². The Morgan fingerprint density at radius 3 is 2.11 bits per heavy atom. The molecule has 4 aliphatic carbocycles. The second-order valence-corrected chi connectivity index (χ2v) is 11.9. The molecule has 0 spiro atoms. The van der Waals surface area contributed by atoms with Crippen molar-refractivity contribution in [1.82, 2.24) is 0 Å². The number of hydrogen-bond donors (Lipinski definition) is 0. The Balaban J connectivity index is 1.15. The zero-order chi connectivity index (χ0) is 25.6. The molecule has 2 fully saturated rings. The highest BCUT2D eigenvalue weighted by molar-refractivity contribution is 5.90. The lowest BCUT2D eigenvalue weighted by Crippen LogP contribution is -2.50. The van der Waals surface area contributed by atoms with Crippen molar-refractivity contribution in [3.05, 3.63) is 95.3 Å². The molecule has 6 atom stereocenters. The Morgan fingerprint density at radius 2 is 1.41 bits per heavy atom. The minimum Gasteiger partial charge on any atom is -0.458 e. The lowest BCUT2D eigenvalue weighted by Gasteiger charge is -2.57. The summed E-state index contributed by atoms with van der Waals surface area (Å²) in [5.41, 5.74) is 2.78. The summed E-state index contributed by atoms with van der Waals surface area (Å²) in [6.45, 7) is 4.76. The maximum atomic E-state index is 12.8. The first-order valence-corrected chi connectivity index (χ1v) is 13.8. The summed E-state index contributed by atoms with van der Waals surface area (Å²) in [5, 5.41) is 0. The number of ether oxygens (including phenoxy) is 2. The standard InChI is InChI=1S/C33H36O4/c1-32-19-17-25(36-30(34)22-9-5-3-6-10-22)21-24(32)13-14-26-27-15-16-29(33(27,2)20-18-28(26)32)37-31(35)23-11-7-4-8-12-23/h3-13,16,25-28H,14-15,17-21H2,1-2H3/t25-,26?,27?,28?,32-,33-/m0/s1. The zero-order valence-electron chi connectivity index (χ0n) is 21.8. The molecular formula is C33H36O4. The fraction of sp³-hybridized carbons (Fsp3) is 0.455. The molecule has 2 saturated carbocycles. The van der Waals surface area contributed by atoms with Crippen LogP contribution in [0.15, 0.2) is 84.1 Å². The van der Waals surface area contributed by atoms with Crippen LogP contribution < -0.4 is 0 Å². The highest BCUT2D eigenvalue weighted by atomic mass is 16.5. The van der Waals surface area contributed by atoms with Crippen molar-refractivity contribution in [2.24, 2.45) is 28.6 Å². The summed E-state index contributed by atoms with van der Waals surface area (Å²) in [6.07, 6.45) is 11.6. The van der Waals surface area contributed by atoms with Gasteiger partial charge in [-0.1, -0.05) is 61.9 Å². The lowest BCUT2D eigenvalue weighted by molar-refractivity contribution is -0.0453. The molecule has 2 aromatic carbocycles. The smallest absolute Gasteiger partial charge is 0.343 e. The first-order valence-electron chi connectivity index (χ1n) is 13.8. The zero-order valence-corrected chi connectivity index (χ0v) is 21.8. The van der Waals surface area contributed by atoms with E-state index in [2.05, 4.69) is 26.0 Å². The van der Waals surface area contributed by atoms with E-state index < -0.39 is 0 Å². The first kappa shape index (κ1) is 24.2. The fourth-order valence-corrected chi connectivity index (χ4v) is 7.94. The monoisotopic (exact) mass is 496 g/mol. The van der Waals surface area contributed by atoms with Gasteiger partial charge in [-0.2, -0.15) is 0 Å². The normalized spacial score (nSPS) is 34.2. The van der Waals surface area contributed by atoms with E-state index in [1.165, 1.54) is 5.57 Å². The molecule has 4 nitrogen and oxygen atoms in total. The van der Waals surface area contributed by atoms with Gasteiger partial charge in [-0.25, -0.2) is 9.59 Å².